The Labute approximate surface area is 171 Å². The number of hydrogen-bond acceptors (Lipinski definition) is 6. The van der Waals surface area contributed by atoms with Gasteiger partial charge >= 0.3 is 0 Å². The van der Waals surface area contributed by atoms with Crippen molar-refractivity contribution in [3.05, 3.63) is 35.7 Å². The van der Waals surface area contributed by atoms with Crippen molar-refractivity contribution >= 4 is 17.3 Å². The van der Waals surface area contributed by atoms with Crippen LogP contribution >= 0.6 is 11.6 Å². The molecule has 2 aromatic rings. The van der Waals surface area contributed by atoms with Crippen molar-refractivity contribution in [2.45, 2.75) is 31.7 Å². The van der Waals surface area contributed by atoms with E-state index in [1.54, 1.807) is 12.4 Å². The number of aliphatic hydroxyl groups excluding tert-OH is 1. The summed E-state index contributed by atoms with van der Waals surface area (Å²) in [4.78, 5) is 10.9. The predicted octanol–water partition coefficient (Wildman–Crippen LogP) is 3.70. The number of halogens is 1. The normalized spacial score (nSPS) is 19.6. The van der Waals surface area contributed by atoms with Gasteiger partial charge in [-0.1, -0.05) is 11.6 Å². The first-order valence-corrected chi connectivity index (χ1v) is 10.2. The first-order chi connectivity index (χ1) is 13.5. The quantitative estimate of drug-likeness (QED) is 0.654. The smallest absolute Gasteiger partial charge is 0.137 e. The highest BCUT2D eigenvalue weighted by atomic mass is 35.5. The van der Waals surface area contributed by atoms with Gasteiger partial charge in [0.2, 0.25) is 0 Å². The van der Waals surface area contributed by atoms with Gasteiger partial charge in [0.1, 0.15) is 17.5 Å². The van der Waals surface area contributed by atoms with E-state index >= 15 is 0 Å². The third-order valence-corrected chi connectivity index (χ3v) is 5.36. The van der Waals surface area contributed by atoms with Crippen molar-refractivity contribution in [3.63, 3.8) is 0 Å². The topological polar surface area (TPSA) is 70.5 Å². The van der Waals surface area contributed by atoms with Crippen LogP contribution < -0.4 is 10.1 Å². The van der Waals surface area contributed by atoms with Gasteiger partial charge in [0.25, 0.3) is 0 Å². The van der Waals surface area contributed by atoms with Crippen LogP contribution in [0.4, 0.5) is 5.69 Å². The van der Waals surface area contributed by atoms with Gasteiger partial charge in [-0.25, -0.2) is 4.98 Å². The lowest BCUT2D eigenvalue weighted by molar-refractivity contribution is 0.186. The second kappa shape index (κ2) is 10.0. The fourth-order valence-electron chi connectivity index (χ4n) is 3.43. The third-order valence-electron chi connectivity index (χ3n) is 5.15. The van der Waals surface area contributed by atoms with Gasteiger partial charge in [-0.3, -0.25) is 4.98 Å². The summed E-state index contributed by atoms with van der Waals surface area (Å²) in [5, 5.41) is 13.4. The molecule has 152 valence electrons. The molecule has 0 aliphatic heterocycles. The van der Waals surface area contributed by atoms with Crippen LogP contribution in [0.5, 0.6) is 5.75 Å². The highest BCUT2D eigenvalue weighted by Crippen LogP contribution is 2.32. The zero-order valence-corrected chi connectivity index (χ0v) is 17.3. The molecule has 1 aliphatic carbocycles. The molecule has 2 aromatic heterocycles. The number of rotatable bonds is 8. The van der Waals surface area contributed by atoms with Crippen molar-refractivity contribution in [2.24, 2.45) is 5.92 Å². The first-order valence-electron chi connectivity index (χ1n) is 9.82. The molecular weight excluding hydrogens is 376 g/mol. The summed E-state index contributed by atoms with van der Waals surface area (Å²) in [6.45, 7) is 1.77. The number of pyridine rings is 2. The van der Waals surface area contributed by atoms with Crippen LogP contribution in [0.3, 0.4) is 0 Å². The molecule has 1 aliphatic rings. The minimum absolute atomic E-state index is 0.284. The van der Waals surface area contributed by atoms with E-state index in [1.807, 2.05) is 32.3 Å². The number of aromatic nitrogens is 2. The van der Waals surface area contributed by atoms with E-state index in [-0.39, 0.29) is 6.61 Å². The molecule has 1 saturated carbocycles. The summed E-state index contributed by atoms with van der Waals surface area (Å²) >= 11 is 6.15. The molecule has 0 aromatic carbocycles. The SMILES string of the molecule is CN(C)CCOc1ccc(-c2cnc(Cl)cc2NC2CCC(CO)CC2)nc1. The minimum Gasteiger partial charge on any atom is -0.491 e. The summed E-state index contributed by atoms with van der Waals surface area (Å²) in [5.74, 6) is 1.18. The highest BCUT2D eigenvalue weighted by molar-refractivity contribution is 6.29. The lowest BCUT2D eigenvalue weighted by Crippen LogP contribution is -2.27. The Balaban J connectivity index is 1.70. The molecule has 7 heteroatoms. The number of aliphatic hydroxyl groups is 1. The molecule has 2 N–H and O–H groups in total. The Hall–Kier alpha value is -1.89. The molecule has 0 unspecified atom stereocenters. The molecule has 28 heavy (non-hydrogen) atoms. The van der Waals surface area contributed by atoms with E-state index in [0.717, 1.165) is 54.9 Å². The number of nitrogens with zero attached hydrogens (tertiary/aromatic N) is 3. The third kappa shape index (κ3) is 5.80. The Bertz CT molecular complexity index is 747. The number of nitrogens with one attached hydrogen (secondary N) is 1. The van der Waals surface area contributed by atoms with Gasteiger partial charge in [-0.05, 0) is 63.9 Å². The van der Waals surface area contributed by atoms with E-state index in [0.29, 0.717) is 23.7 Å². The van der Waals surface area contributed by atoms with Crippen molar-refractivity contribution in [1.82, 2.24) is 14.9 Å². The van der Waals surface area contributed by atoms with Gasteiger partial charge in [0.15, 0.2) is 0 Å². The Morgan fingerprint density at radius 1 is 1.18 bits per heavy atom. The van der Waals surface area contributed by atoms with Crippen LogP contribution in [-0.4, -0.2) is 59.9 Å². The molecule has 6 nitrogen and oxygen atoms in total. The number of ether oxygens (including phenoxy) is 1. The van der Waals surface area contributed by atoms with Crippen molar-refractivity contribution in [2.75, 3.05) is 39.2 Å². The van der Waals surface area contributed by atoms with Crippen molar-refractivity contribution in [1.29, 1.82) is 0 Å². The van der Waals surface area contributed by atoms with Gasteiger partial charge in [-0.15, -0.1) is 0 Å². The molecule has 0 saturated heterocycles. The summed E-state index contributed by atoms with van der Waals surface area (Å²) in [6.07, 6.45) is 7.67. The average Bonchev–Trinajstić information content (AvgIpc) is 2.69. The zero-order chi connectivity index (χ0) is 19.9. The average molecular weight is 405 g/mol. The standard InChI is InChI=1S/C21H29ClN4O2/c1-26(2)9-10-28-17-7-8-19(23-12-17)18-13-24-21(22)11-20(18)25-16-5-3-15(14-27)4-6-16/h7-8,11-13,15-16,27H,3-6,9-10,14H2,1-2H3,(H,24,25). The molecule has 0 spiro atoms. The van der Waals surface area contributed by atoms with Crippen LogP contribution in [0.15, 0.2) is 30.6 Å². The Morgan fingerprint density at radius 3 is 2.61 bits per heavy atom. The monoisotopic (exact) mass is 404 g/mol. The maximum absolute atomic E-state index is 9.33. The number of likely N-dealkylation sites (N-methyl/N-ethyl adjacent to an activating group) is 1. The van der Waals surface area contributed by atoms with Crippen LogP contribution in [-0.2, 0) is 0 Å². The fourth-order valence-corrected chi connectivity index (χ4v) is 3.59. The van der Waals surface area contributed by atoms with E-state index < -0.39 is 0 Å². The van der Waals surface area contributed by atoms with E-state index in [4.69, 9.17) is 16.3 Å². The Morgan fingerprint density at radius 2 is 1.96 bits per heavy atom. The Kier molecular flexibility index (Phi) is 7.48. The largest absolute Gasteiger partial charge is 0.491 e. The highest BCUT2D eigenvalue weighted by Gasteiger charge is 2.21. The lowest BCUT2D eigenvalue weighted by atomic mass is 9.86. The molecule has 0 amide bonds. The predicted molar refractivity (Wildman–Crippen MR) is 113 cm³/mol. The van der Waals surface area contributed by atoms with E-state index in [1.165, 1.54) is 0 Å². The lowest BCUT2D eigenvalue weighted by Gasteiger charge is -2.29. The zero-order valence-electron chi connectivity index (χ0n) is 16.6. The van der Waals surface area contributed by atoms with Gasteiger partial charge in [0.05, 0.1) is 11.9 Å². The molecular formula is C21H29ClN4O2. The number of hydrogen-bond donors (Lipinski definition) is 2. The summed E-state index contributed by atoms with van der Waals surface area (Å²) in [7, 11) is 4.03. The first kappa shape index (κ1) is 20.8. The molecule has 0 atom stereocenters. The maximum Gasteiger partial charge on any atom is 0.137 e. The van der Waals surface area contributed by atoms with E-state index in [2.05, 4.69) is 20.2 Å². The summed E-state index contributed by atoms with van der Waals surface area (Å²) in [5.41, 5.74) is 2.70. The molecule has 1 fully saturated rings. The van der Waals surface area contributed by atoms with E-state index in [9.17, 15) is 5.11 Å². The molecule has 3 rings (SSSR count). The minimum atomic E-state index is 0.284. The number of anilines is 1. The van der Waals surface area contributed by atoms with Crippen LogP contribution in [0, 0.1) is 5.92 Å². The van der Waals surface area contributed by atoms with Crippen molar-refractivity contribution in [3.8, 4) is 17.0 Å². The maximum atomic E-state index is 9.33. The molecule has 0 radical (unpaired) electrons. The molecule has 0 bridgehead atoms. The van der Waals surface area contributed by atoms with Gasteiger partial charge in [0, 0.05) is 36.6 Å². The second-order valence-electron chi connectivity index (χ2n) is 7.63. The van der Waals surface area contributed by atoms with Gasteiger partial charge < -0.3 is 20.1 Å². The van der Waals surface area contributed by atoms with Crippen LogP contribution in [0.25, 0.3) is 11.3 Å². The summed E-state index contributed by atoms with van der Waals surface area (Å²) < 4.78 is 5.72. The van der Waals surface area contributed by atoms with Crippen LogP contribution in [0.1, 0.15) is 25.7 Å². The van der Waals surface area contributed by atoms with Crippen molar-refractivity contribution < 1.29 is 9.84 Å². The summed E-state index contributed by atoms with van der Waals surface area (Å²) in [6, 6.07) is 6.11. The second-order valence-corrected chi connectivity index (χ2v) is 8.02. The van der Waals surface area contributed by atoms with Gasteiger partial charge in [-0.2, -0.15) is 0 Å². The van der Waals surface area contributed by atoms with Crippen LogP contribution in [0.2, 0.25) is 5.15 Å². The molecule has 2 heterocycles. The fraction of sp³-hybridized carbons (Fsp3) is 0.524.